The number of alkyl halides is 3. The van der Waals surface area contributed by atoms with Gasteiger partial charge in [0, 0.05) is 12.1 Å². The molecule has 0 radical (unpaired) electrons. The SMILES string of the molecule is Cc1cccc(N2C(=O)CS/C2=N\C(=O)NCCCC(C)c2ccc(-c3ncn(-c4ccc(OC(F)(F)F)cc4)n3)cc2)c1C(C)C. The number of nitrogens with one attached hydrogen (secondary N) is 1. The zero-order chi connectivity index (χ0) is 33.7. The smallest absolute Gasteiger partial charge is 0.406 e. The summed E-state index contributed by atoms with van der Waals surface area (Å²) in [5.74, 6) is 0.749. The molecule has 1 saturated heterocycles. The lowest BCUT2D eigenvalue weighted by Gasteiger charge is -2.23. The van der Waals surface area contributed by atoms with Crippen LogP contribution in [0, 0.1) is 6.92 Å². The van der Waals surface area contributed by atoms with E-state index in [4.69, 9.17) is 0 Å². The highest BCUT2D eigenvalue weighted by Crippen LogP contribution is 2.35. The molecule has 1 unspecified atom stereocenters. The molecule has 1 aliphatic rings. The van der Waals surface area contributed by atoms with Crippen LogP contribution in [0.2, 0.25) is 0 Å². The van der Waals surface area contributed by atoms with E-state index in [-0.39, 0.29) is 29.2 Å². The molecule has 9 nitrogen and oxygen atoms in total. The highest BCUT2D eigenvalue weighted by Gasteiger charge is 2.33. The van der Waals surface area contributed by atoms with Crippen LogP contribution < -0.4 is 15.0 Å². The highest BCUT2D eigenvalue weighted by atomic mass is 32.2. The maximum absolute atomic E-state index is 12.8. The molecule has 1 N–H and O–H groups in total. The quantitative estimate of drug-likeness (QED) is 0.173. The Hall–Kier alpha value is -4.65. The molecule has 0 bridgehead atoms. The number of anilines is 1. The number of urea groups is 1. The Morgan fingerprint density at radius 1 is 1.06 bits per heavy atom. The molecule has 47 heavy (non-hydrogen) atoms. The van der Waals surface area contributed by atoms with Crippen molar-refractivity contribution in [2.45, 2.75) is 58.7 Å². The number of benzene rings is 3. The number of halogens is 3. The first-order chi connectivity index (χ1) is 22.4. The maximum atomic E-state index is 12.8. The Balaban J connectivity index is 1.12. The molecular weight excluding hydrogens is 629 g/mol. The number of nitrogens with zero attached hydrogens (tertiary/aromatic N) is 5. The van der Waals surface area contributed by atoms with Crippen LogP contribution in [0.4, 0.5) is 23.7 Å². The van der Waals surface area contributed by atoms with Crippen LogP contribution in [-0.2, 0) is 4.79 Å². The molecule has 5 rings (SSSR count). The van der Waals surface area contributed by atoms with Crippen LogP contribution in [-0.4, -0.2) is 50.5 Å². The minimum Gasteiger partial charge on any atom is -0.406 e. The summed E-state index contributed by atoms with van der Waals surface area (Å²) in [5.41, 5.74) is 5.40. The monoisotopic (exact) mass is 664 g/mol. The van der Waals surface area contributed by atoms with Crippen molar-refractivity contribution in [1.29, 1.82) is 0 Å². The Morgan fingerprint density at radius 3 is 2.47 bits per heavy atom. The van der Waals surface area contributed by atoms with Crippen molar-refractivity contribution in [3.8, 4) is 22.8 Å². The lowest BCUT2D eigenvalue weighted by atomic mass is 9.95. The fourth-order valence-electron chi connectivity index (χ4n) is 5.47. The van der Waals surface area contributed by atoms with E-state index in [0.29, 0.717) is 23.2 Å². The second-order valence-corrected chi connectivity index (χ2v) is 12.5. The Bertz CT molecular complexity index is 1750. The number of amides is 3. The van der Waals surface area contributed by atoms with Crippen LogP contribution in [0.1, 0.15) is 62.1 Å². The molecule has 3 amide bonds. The summed E-state index contributed by atoms with van der Waals surface area (Å²) in [6.07, 6.45) is -1.68. The van der Waals surface area contributed by atoms with E-state index in [1.807, 2.05) is 49.4 Å². The zero-order valence-electron chi connectivity index (χ0n) is 26.4. The highest BCUT2D eigenvalue weighted by molar-refractivity contribution is 8.15. The summed E-state index contributed by atoms with van der Waals surface area (Å²) in [5, 5.41) is 7.70. The molecule has 1 fully saturated rings. The third-order valence-corrected chi connectivity index (χ3v) is 8.66. The number of carbonyl (C=O) groups is 2. The van der Waals surface area contributed by atoms with Crippen molar-refractivity contribution in [2.75, 3.05) is 17.2 Å². The molecule has 0 saturated carbocycles. The number of thioether (sulfide) groups is 1. The number of amidine groups is 1. The van der Waals surface area contributed by atoms with E-state index in [1.165, 1.54) is 47.0 Å². The minimum atomic E-state index is -4.75. The summed E-state index contributed by atoms with van der Waals surface area (Å²) in [7, 11) is 0. The predicted molar refractivity (Wildman–Crippen MR) is 177 cm³/mol. The summed E-state index contributed by atoms with van der Waals surface area (Å²) in [6, 6.07) is 18.6. The molecule has 1 aromatic heterocycles. The number of hydrogen-bond donors (Lipinski definition) is 1. The van der Waals surface area contributed by atoms with Crippen molar-refractivity contribution < 1.29 is 27.5 Å². The Kier molecular flexibility index (Phi) is 10.3. The van der Waals surface area contributed by atoms with Gasteiger partial charge >= 0.3 is 12.4 Å². The van der Waals surface area contributed by atoms with Gasteiger partial charge in [-0.2, -0.15) is 4.99 Å². The lowest BCUT2D eigenvalue weighted by Crippen LogP contribution is -2.32. The van der Waals surface area contributed by atoms with Crippen molar-refractivity contribution in [3.63, 3.8) is 0 Å². The van der Waals surface area contributed by atoms with Crippen LogP contribution >= 0.6 is 11.8 Å². The zero-order valence-corrected chi connectivity index (χ0v) is 27.2. The number of aryl methyl sites for hydroxylation is 1. The van der Waals surface area contributed by atoms with Gasteiger partial charge < -0.3 is 10.1 Å². The van der Waals surface area contributed by atoms with Crippen molar-refractivity contribution in [1.82, 2.24) is 20.1 Å². The molecule has 2 heterocycles. The first-order valence-corrected chi connectivity index (χ1v) is 16.2. The van der Waals surface area contributed by atoms with Crippen molar-refractivity contribution in [3.05, 3.63) is 89.7 Å². The van der Waals surface area contributed by atoms with Gasteiger partial charge in [0.05, 0.1) is 17.1 Å². The van der Waals surface area contributed by atoms with E-state index >= 15 is 0 Å². The average molecular weight is 665 g/mol. The van der Waals surface area contributed by atoms with Gasteiger partial charge in [-0.25, -0.2) is 14.5 Å². The Morgan fingerprint density at radius 2 is 1.79 bits per heavy atom. The van der Waals surface area contributed by atoms with Crippen molar-refractivity contribution in [2.24, 2.45) is 4.99 Å². The van der Waals surface area contributed by atoms with E-state index in [9.17, 15) is 22.8 Å². The summed E-state index contributed by atoms with van der Waals surface area (Å²) in [6.45, 7) is 8.75. The second-order valence-electron chi connectivity index (χ2n) is 11.5. The summed E-state index contributed by atoms with van der Waals surface area (Å²) in [4.78, 5) is 35.6. The van der Waals surface area contributed by atoms with Gasteiger partial charge in [0.15, 0.2) is 11.0 Å². The summed E-state index contributed by atoms with van der Waals surface area (Å²) < 4.78 is 42.7. The number of rotatable bonds is 10. The van der Waals surface area contributed by atoms with Gasteiger partial charge in [-0.3, -0.25) is 9.69 Å². The fraction of sp³-hybridized carbons (Fsp3) is 0.324. The fourth-order valence-corrected chi connectivity index (χ4v) is 6.33. The first-order valence-electron chi connectivity index (χ1n) is 15.2. The van der Waals surface area contributed by atoms with Crippen LogP contribution in [0.3, 0.4) is 0 Å². The van der Waals surface area contributed by atoms with Gasteiger partial charge in [-0.15, -0.1) is 18.3 Å². The topological polar surface area (TPSA) is 102 Å². The second kappa shape index (κ2) is 14.4. The molecule has 1 atom stereocenters. The number of carbonyl (C=O) groups excluding carboxylic acids is 2. The number of aromatic nitrogens is 3. The first kappa shape index (κ1) is 33.7. The number of aliphatic imine (C=N–C) groups is 1. The van der Waals surface area contributed by atoms with Gasteiger partial charge in [0.25, 0.3) is 0 Å². The summed E-state index contributed by atoms with van der Waals surface area (Å²) >= 11 is 1.27. The normalized spacial score (nSPS) is 15.0. The lowest BCUT2D eigenvalue weighted by molar-refractivity contribution is -0.274. The molecule has 4 aromatic rings. The maximum Gasteiger partial charge on any atom is 0.573 e. The largest absolute Gasteiger partial charge is 0.573 e. The molecule has 0 spiro atoms. The average Bonchev–Trinajstić information content (AvgIpc) is 3.65. The standard InChI is InChI=1S/C34H35F3N6O3S/c1-21(2)30-23(4)7-5-9-28(30)43-29(44)19-47-33(43)40-32(45)38-18-6-8-22(3)24-10-12-25(13-11-24)31-39-20-42(41-31)26-14-16-27(17-15-26)46-34(35,36)37/h5,7,9-17,20-22H,6,8,18-19H2,1-4H3,(H,38,45)/b40-33-. The predicted octanol–water partition coefficient (Wildman–Crippen LogP) is 7.99. The van der Waals surface area contributed by atoms with Crippen LogP contribution in [0.5, 0.6) is 5.75 Å². The van der Waals surface area contributed by atoms with Gasteiger partial charge in [-0.1, -0.05) is 68.9 Å². The third kappa shape index (κ3) is 8.39. The molecule has 13 heteroatoms. The van der Waals surface area contributed by atoms with E-state index in [0.717, 1.165) is 40.8 Å². The Labute approximate surface area is 275 Å². The molecule has 0 aliphatic carbocycles. The number of hydrogen-bond acceptors (Lipinski definition) is 6. The van der Waals surface area contributed by atoms with Gasteiger partial charge in [-0.05, 0) is 78.6 Å². The van der Waals surface area contributed by atoms with Crippen LogP contribution in [0.25, 0.3) is 17.1 Å². The molecule has 1 aliphatic heterocycles. The van der Waals surface area contributed by atoms with E-state index < -0.39 is 12.4 Å². The molecule has 3 aromatic carbocycles. The number of ether oxygens (including phenoxy) is 1. The van der Waals surface area contributed by atoms with E-state index in [1.54, 1.807) is 4.90 Å². The molecule has 246 valence electrons. The molecular formula is C34H35F3N6O3S. The van der Waals surface area contributed by atoms with Crippen LogP contribution in [0.15, 0.2) is 78.0 Å². The van der Waals surface area contributed by atoms with Gasteiger partial charge in [0.2, 0.25) is 5.91 Å². The van der Waals surface area contributed by atoms with E-state index in [2.05, 4.69) is 45.9 Å². The minimum absolute atomic E-state index is 0.0915. The third-order valence-electron chi connectivity index (χ3n) is 7.74. The van der Waals surface area contributed by atoms with Crippen molar-refractivity contribution >= 4 is 34.6 Å². The van der Waals surface area contributed by atoms with Gasteiger partial charge in [0.1, 0.15) is 12.1 Å².